The quantitative estimate of drug-likeness (QED) is 0.325. The van der Waals surface area contributed by atoms with Crippen LogP contribution in [0.4, 0.5) is 11.6 Å². The first-order valence-electron chi connectivity index (χ1n) is 12.6. The number of sulfone groups is 1. The minimum Gasteiger partial charge on any atom is -0.356 e. The molecule has 1 aliphatic rings. The zero-order chi connectivity index (χ0) is 27.1. The van der Waals surface area contributed by atoms with E-state index in [2.05, 4.69) is 22.4 Å². The molecule has 1 aliphatic heterocycles. The Hall–Kier alpha value is -3.31. The smallest absolute Gasteiger partial charge is 0.229 e. The van der Waals surface area contributed by atoms with E-state index in [-0.39, 0.29) is 10.9 Å². The number of aromatic nitrogens is 3. The number of nitrogens with zero attached hydrogens (tertiary/aromatic N) is 4. The highest BCUT2D eigenvalue weighted by Gasteiger charge is 2.33. The summed E-state index contributed by atoms with van der Waals surface area (Å²) >= 11 is 0. The Morgan fingerprint density at radius 1 is 1.08 bits per heavy atom. The summed E-state index contributed by atoms with van der Waals surface area (Å²) in [7, 11) is -3.26. The molecule has 2 aromatic heterocycles. The first-order valence-corrected chi connectivity index (χ1v) is 14.5. The molecule has 1 saturated heterocycles. The van der Waals surface area contributed by atoms with Gasteiger partial charge in [-0.25, -0.2) is 18.3 Å². The molecular formula is C28H33N5O4S. The zero-order valence-corrected chi connectivity index (χ0v) is 22.8. The standard InChI is InChI=1S/C28H33N5O4S/c1-28(2,3)37-27(34)33-16-5-6-24(33)19-7-9-21(10-8-19)30-26-29-18-20-15-17-32(25(20)31-26)22-11-13-23(14-12-22)38(4,35)36/h7-15,17-18,24,27,34H,5-6,16H2,1-4H3,(H,29,30,31). The molecule has 10 heteroatoms. The molecule has 0 spiro atoms. The molecule has 0 bridgehead atoms. The lowest BCUT2D eigenvalue weighted by Gasteiger charge is -2.33. The van der Waals surface area contributed by atoms with Gasteiger partial charge in [-0.1, -0.05) is 12.1 Å². The molecule has 38 heavy (non-hydrogen) atoms. The van der Waals surface area contributed by atoms with Crippen molar-refractivity contribution in [3.63, 3.8) is 0 Å². The van der Waals surface area contributed by atoms with Crippen molar-refractivity contribution in [2.75, 3.05) is 18.1 Å². The predicted octanol–water partition coefficient (Wildman–Crippen LogP) is 4.80. The Morgan fingerprint density at radius 2 is 1.79 bits per heavy atom. The van der Waals surface area contributed by atoms with Crippen LogP contribution in [0.5, 0.6) is 0 Å². The number of benzene rings is 2. The number of ether oxygens (including phenoxy) is 1. The zero-order valence-electron chi connectivity index (χ0n) is 22.0. The fourth-order valence-corrected chi connectivity index (χ4v) is 5.38. The lowest BCUT2D eigenvalue weighted by Crippen LogP contribution is -2.41. The van der Waals surface area contributed by atoms with Gasteiger partial charge in [0.05, 0.1) is 10.5 Å². The van der Waals surface area contributed by atoms with Crippen LogP contribution in [0.3, 0.4) is 0 Å². The maximum atomic E-state index is 11.8. The van der Waals surface area contributed by atoms with Crippen LogP contribution in [0.15, 0.2) is 71.9 Å². The van der Waals surface area contributed by atoms with Crippen molar-refractivity contribution in [3.05, 3.63) is 72.6 Å². The summed E-state index contributed by atoms with van der Waals surface area (Å²) in [6, 6.07) is 16.8. The molecule has 0 saturated carbocycles. The van der Waals surface area contributed by atoms with Crippen molar-refractivity contribution in [2.45, 2.75) is 56.6 Å². The van der Waals surface area contributed by atoms with Crippen molar-refractivity contribution < 1.29 is 18.3 Å². The molecule has 2 atom stereocenters. The van der Waals surface area contributed by atoms with Gasteiger partial charge in [0, 0.05) is 48.0 Å². The van der Waals surface area contributed by atoms with Gasteiger partial charge in [0.25, 0.3) is 0 Å². The maximum Gasteiger partial charge on any atom is 0.229 e. The summed E-state index contributed by atoms with van der Waals surface area (Å²) in [6.45, 7) is 6.60. The van der Waals surface area contributed by atoms with Crippen LogP contribution in [0.25, 0.3) is 16.7 Å². The number of nitrogens with one attached hydrogen (secondary N) is 1. The number of aliphatic hydroxyl groups is 1. The molecule has 5 rings (SSSR count). The summed E-state index contributed by atoms with van der Waals surface area (Å²) in [5, 5.41) is 14.8. The van der Waals surface area contributed by atoms with Crippen molar-refractivity contribution in [1.29, 1.82) is 0 Å². The van der Waals surface area contributed by atoms with Gasteiger partial charge in [-0.05, 0) is 81.6 Å². The Kier molecular flexibility index (Phi) is 6.99. The molecular weight excluding hydrogens is 502 g/mol. The van der Waals surface area contributed by atoms with Crippen molar-refractivity contribution in [3.8, 4) is 5.69 Å². The van der Waals surface area contributed by atoms with Gasteiger partial charge in [0.2, 0.25) is 12.4 Å². The normalized spacial score (nSPS) is 17.7. The van der Waals surface area contributed by atoms with E-state index in [4.69, 9.17) is 9.72 Å². The SMILES string of the molecule is CC(C)(C)OC(O)N1CCCC1c1ccc(Nc2ncc3ccn(-c4ccc(S(C)(=O)=O)cc4)c3n2)cc1. The third-order valence-electron chi connectivity index (χ3n) is 6.56. The number of anilines is 2. The van der Waals surface area contributed by atoms with Gasteiger partial charge < -0.3 is 19.7 Å². The van der Waals surface area contributed by atoms with Crippen LogP contribution in [0.1, 0.15) is 45.2 Å². The van der Waals surface area contributed by atoms with E-state index in [0.717, 1.165) is 41.7 Å². The van der Waals surface area contributed by atoms with Crippen molar-refractivity contribution in [1.82, 2.24) is 19.4 Å². The molecule has 200 valence electrons. The monoisotopic (exact) mass is 535 g/mol. The molecule has 4 aromatic rings. The number of fused-ring (bicyclic) bond motifs is 1. The van der Waals surface area contributed by atoms with Crippen LogP contribution in [-0.4, -0.2) is 57.8 Å². The third kappa shape index (κ3) is 5.73. The van der Waals surface area contributed by atoms with Crippen LogP contribution in [0.2, 0.25) is 0 Å². The minimum absolute atomic E-state index is 0.0892. The number of aliphatic hydroxyl groups excluding tert-OH is 1. The van der Waals surface area contributed by atoms with Gasteiger partial charge in [0.15, 0.2) is 9.84 Å². The fraction of sp³-hybridized carbons (Fsp3) is 0.357. The molecule has 0 radical (unpaired) electrons. The summed E-state index contributed by atoms with van der Waals surface area (Å²) in [5.74, 6) is 0.453. The minimum atomic E-state index is -3.26. The van der Waals surface area contributed by atoms with Crippen LogP contribution < -0.4 is 5.32 Å². The van der Waals surface area contributed by atoms with E-state index >= 15 is 0 Å². The van der Waals surface area contributed by atoms with Crippen LogP contribution >= 0.6 is 0 Å². The second kappa shape index (κ2) is 10.1. The molecule has 9 nitrogen and oxygen atoms in total. The molecule has 2 unspecified atom stereocenters. The molecule has 2 aromatic carbocycles. The predicted molar refractivity (Wildman–Crippen MR) is 147 cm³/mol. The van der Waals surface area contributed by atoms with E-state index in [1.807, 2.05) is 54.6 Å². The Bertz CT molecular complexity index is 1530. The summed E-state index contributed by atoms with van der Waals surface area (Å²) in [4.78, 5) is 11.4. The average Bonchev–Trinajstić information content (AvgIpc) is 3.51. The third-order valence-corrected chi connectivity index (χ3v) is 7.69. The molecule has 0 amide bonds. The Labute approximate surface area is 223 Å². The number of hydrogen-bond acceptors (Lipinski definition) is 8. The van der Waals surface area contributed by atoms with Crippen LogP contribution in [0, 0.1) is 0 Å². The molecule has 2 N–H and O–H groups in total. The number of likely N-dealkylation sites (tertiary alicyclic amines) is 1. The number of hydrogen-bond donors (Lipinski definition) is 2. The van der Waals surface area contributed by atoms with E-state index in [1.54, 1.807) is 30.5 Å². The van der Waals surface area contributed by atoms with E-state index in [9.17, 15) is 13.5 Å². The molecule has 1 fully saturated rings. The highest BCUT2D eigenvalue weighted by Crippen LogP contribution is 2.35. The van der Waals surface area contributed by atoms with Gasteiger partial charge in [-0.2, -0.15) is 4.98 Å². The first-order chi connectivity index (χ1) is 18.0. The summed E-state index contributed by atoms with van der Waals surface area (Å²) in [6.07, 6.45) is 5.85. The Morgan fingerprint density at radius 3 is 2.45 bits per heavy atom. The van der Waals surface area contributed by atoms with E-state index in [0.29, 0.717) is 11.6 Å². The first kappa shape index (κ1) is 26.3. The molecule has 3 heterocycles. The lowest BCUT2D eigenvalue weighted by atomic mass is 10.0. The maximum absolute atomic E-state index is 11.8. The van der Waals surface area contributed by atoms with E-state index < -0.39 is 21.9 Å². The number of rotatable bonds is 7. The topological polar surface area (TPSA) is 110 Å². The largest absolute Gasteiger partial charge is 0.356 e. The summed E-state index contributed by atoms with van der Waals surface area (Å²) in [5.41, 5.74) is 3.05. The highest BCUT2D eigenvalue weighted by atomic mass is 32.2. The van der Waals surface area contributed by atoms with Crippen molar-refractivity contribution in [2.24, 2.45) is 0 Å². The highest BCUT2D eigenvalue weighted by molar-refractivity contribution is 7.90. The Balaban J connectivity index is 1.33. The molecule has 0 aliphatic carbocycles. The average molecular weight is 536 g/mol. The van der Waals surface area contributed by atoms with Gasteiger partial charge in [-0.15, -0.1) is 0 Å². The lowest BCUT2D eigenvalue weighted by molar-refractivity contribution is -0.242. The van der Waals surface area contributed by atoms with Crippen molar-refractivity contribution >= 4 is 32.5 Å². The van der Waals surface area contributed by atoms with Gasteiger partial charge in [0.1, 0.15) is 5.65 Å². The second-order valence-electron chi connectivity index (χ2n) is 10.6. The van der Waals surface area contributed by atoms with Gasteiger partial charge in [-0.3, -0.25) is 0 Å². The van der Waals surface area contributed by atoms with Gasteiger partial charge >= 0.3 is 0 Å². The second-order valence-corrected chi connectivity index (χ2v) is 12.6. The van der Waals surface area contributed by atoms with Crippen LogP contribution in [-0.2, 0) is 14.6 Å². The summed E-state index contributed by atoms with van der Waals surface area (Å²) < 4.78 is 31.3. The van der Waals surface area contributed by atoms with E-state index in [1.165, 1.54) is 6.26 Å². The fourth-order valence-electron chi connectivity index (χ4n) is 4.75.